The first-order valence-corrected chi connectivity index (χ1v) is 9.10. The number of carbonyl (C=O) groups is 2. The van der Waals surface area contributed by atoms with Crippen LogP contribution < -0.4 is 10.1 Å². The Morgan fingerprint density at radius 3 is 2.38 bits per heavy atom. The van der Waals surface area contributed by atoms with Crippen molar-refractivity contribution in [3.8, 4) is 5.75 Å². The van der Waals surface area contributed by atoms with E-state index in [9.17, 15) is 9.59 Å². The number of Topliss-reactive ketones (excluding diaryl/α,β-unsaturated/α-hetero) is 1. The molecule has 0 unspecified atom stereocenters. The van der Waals surface area contributed by atoms with E-state index in [2.05, 4.69) is 19.2 Å². The number of anilines is 1. The number of halogens is 2. The van der Waals surface area contributed by atoms with E-state index in [1.54, 1.807) is 0 Å². The number of ether oxygens (including phenoxy) is 1. The maximum atomic E-state index is 12.1. The summed E-state index contributed by atoms with van der Waals surface area (Å²) >= 11 is 12.0. The summed E-state index contributed by atoms with van der Waals surface area (Å²) in [5.41, 5.74) is 2.15. The molecule has 138 valence electrons. The van der Waals surface area contributed by atoms with Crippen LogP contribution in [0.25, 0.3) is 0 Å². The van der Waals surface area contributed by atoms with E-state index in [-0.39, 0.29) is 34.6 Å². The minimum Gasteiger partial charge on any atom is -0.481 e. The van der Waals surface area contributed by atoms with Gasteiger partial charge in [-0.2, -0.15) is 0 Å². The van der Waals surface area contributed by atoms with Crippen LogP contribution in [0.5, 0.6) is 5.75 Å². The molecule has 0 aliphatic carbocycles. The highest BCUT2D eigenvalue weighted by molar-refractivity contribution is 6.36. The average molecular weight is 394 g/mol. The van der Waals surface area contributed by atoms with Crippen LogP contribution in [0.4, 0.5) is 5.69 Å². The van der Waals surface area contributed by atoms with Crippen molar-refractivity contribution < 1.29 is 14.3 Å². The van der Waals surface area contributed by atoms with Gasteiger partial charge in [-0.15, -0.1) is 0 Å². The van der Waals surface area contributed by atoms with Crippen molar-refractivity contribution in [1.82, 2.24) is 0 Å². The average Bonchev–Trinajstić information content (AvgIpc) is 2.60. The second kappa shape index (κ2) is 9.06. The van der Waals surface area contributed by atoms with Gasteiger partial charge in [0.05, 0.1) is 10.6 Å². The lowest BCUT2D eigenvalue weighted by atomic mass is 9.99. The molecule has 0 radical (unpaired) electrons. The third-order valence-corrected chi connectivity index (χ3v) is 4.61. The summed E-state index contributed by atoms with van der Waals surface area (Å²) < 4.78 is 5.47. The van der Waals surface area contributed by atoms with Crippen LogP contribution in [0.3, 0.4) is 0 Å². The zero-order chi connectivity index (χ0) is 19.3. The molecule has 4 nitrogen and oxygen atoms in total. The molecule has 26 heavy (non-hydrogen) atoms. The molecule has 1 amide bonds. The zero-order valence-electron chi connectivity index (χ0n) is 14.9. The Balaban J connectivity index is 2.02. The first-order chi connectivity index (χ1) is 12.3. The molecule has 2 rings (SSSR count). The van der Waals surface area contributed by atoms with Crippen LogP contribution in [-0.2, 0) is 4.79 Å². The van der Waals surface area contributed by atoms with Gasteiger partial charge in [-0.05, 0) is 49.1 Å². The topological polar surface area (TPSA) is 55.4 Å². The van der Waals surface area contributed by atoms with Gasteiger partial charge in [-0.25, -0.2) is 0 Å². The molecule has 0 aromatic heterocycles. The second-order valence-electron chi connectivity index (χ2n) is 6.09. The predicted octanol–water partition coefficient (Wildman–Crippen LogP) is 5.73. The Labute approximate surface area is 163 Å². The van der Waals surface area contributed by atoms with Crippen molar-refractivity contribution in [1.29, 1.82) is 0 Å². The summed E-state index contributed by atoms with van der Waals surface area (Å²) in [5, 5.41) is 3.28. The fourth-order valence-corrected chi connectivity index (χ4v) is 2.98. The Kier molecular flexibility index (Phi) is 7.06. The van der Waals surface area contributed by atoms with Gasteiger partial charge in [0.25, 0.3) is 5.91 Å². The van der Waals surface area contributed by atoms with Crippen LogP contribution >= 0.6 is 23.2 Å². The molecule has 0 spiro atoms. The fourth-order valence-electron chi connectivity index (χ4n) is 2.43. The summed E-state index contributed by atoms with van der Waals surface area (Å²) in [6, 6.07) is 10.6. The van der Waals surface area contributed by atoms with E-state index in [1.807, 2.05) is 24.3 Å². The lowest BCUT2D eigenvalue weighted by molar-refractivity contribution is -0.118. The van der Waals surface area contributed by atoms with Gasteiger partial charge in [0.15, 0.2) is 12.4 Å². The number of hydrogen-bond acceptors (Lipinski definition) is 3. The lowest BCUT2D eigenvalue weighted by Gasteiger charge is -2.13. The SMILES string of the molecule is CC[C@H](C)c1ccc(NC(=O)COc2c(Cl)cc(Cl)cc2C(C)=O)cc1. The second-order valence-corrected chi connectivity index (χ2v) is 6.93. The third kappa shape index (κ3) is 5.23. The minimum absolute atomic E-state index is 0.158. The van der Waals surface area contributed by atoms with E-state index in [0.29, 0.717) is 16.6 Å². The van der Waals surface area contributed by atoms with Gasteiger partial charge < -0.3 is 10.1 Å². The number of rotatable bonds is 7. The van der Waals surface area contributed by atoms with Crippen molar-refractivity contribution in [2.45, 2.75) is 33.1 Å². The van der Waals surface area contributed by atoms with Crippen LogP contribution in [-0.4, -0.2) is 18.3 Å². The molecule has 0 fully saturated rings. The normalized spacial score (nSPS) is 11.7. The lowest BCUT2D eigenvalue weighted by Crippen LogP contribution is -2.21. The Morgan fingerprint density at radius 2 is 1.81 bits per heavy atom. The zero-order valence-corrected chi connectivity index (χ0v) is 16.4. The summed E-state index contributed by atoms with van der Waals surface area (Å²) in [6.45, 7) is 5.40. The van der Waals surface area contributed by atoms with Crippen LogP contribution in [0.2, 0.25) is 10.0 Å². The maximum absolute atomic E-state index is 12.1. The molecule has 2 aromatic carbocycles. The molecule has 0 saturated carbocycles. The smallest absolute Gasteiger partial charge is 0.262 e. The molecule has 0 heterocycles. The number of benzene rings is 2. The number of hydrogen-bond donors (Lipinski definition) is 1. The molecular weight excluding hydrogens is 373 g/mol. The van der Waals surface area contributed by atoms with Crippen molar-refractivity contribution in [2.75, 3.05) is 11.9 Å². The summed E-state index contributed by atoms with van der Waals surface area (Å²) in [6.07, 6.45) is 1.06. The quantitative estimate of drug-likeness (QED) is 0.611. The van der Waals surface area contributed by atoms with E-state index in [1.165, 1.54) is 24.6 Å². The minimum atomic E-state index is -0.346. The molecule has 2 aromatic rings. The van der Waals surface area contributed by atoms with Gasteiger partial charge in [-0.3, -0.25) is 9.59 Å². The van der Waals surface area contributed by atoms with E-state index in [0.717, 1.165) is 6.42 Å². The van der Waals surface area contributed by atoms with Gasteiger partial charge in [0, 0.05) is 10.7 Å². The van der Waals surface area contributed by atoms with E-state index in [4.69, 9.17) is 27.9 Å². The van der Waals surface area contributed by atoms with Gasteiger partial charge in [0.1, 0.15) is 5.75 Å². The van der Waals surface area contributed by atoms with Gasteiger partial charge in [0.2, 0.25) is 0 Å². The Morgan fingerprint density at radius 1 is 1.15 bits per heavy atom. The first-order valence-electron chi connectivity index (χ1n) is 8.34. The Hall–Kier alpha value is -2.04. The largest absolute Gasteiger partial charge is 0.481 e. The highest BCUT2D eigenvalue weighted by Gasteiger charge is 2.16. The molecule has 0 aliphatic heterocycles. The summed E-state index contributed by atoms with van der Waals surface area (Å²) in [4.78, 5) is 23.9. The van der Waals surface area contributed by atoms with Crippen molar-refractivity contribution in [3.05, 3.63) is 57.6 Å². The van der Waals surface area contributed by atoms with Crippen molar-refractivity contribution in [2.24, 2.45) is 0 Å². The fraction of sp³-hybridized carbons (Fsp3) is 0.300. The molecule has 6 heteroatoms. The van der Waals surface area contributed by atoms with E-state index >= 15 is 0 Å². The number of nitrogens with one attached hydrogen (secondary N) is 1. The molecule has 1 N–H and O–H groups in total. The molecule has 0 aliphatic rings. The number of ketones is 1. The van der Waals surface area contributed by atoms with Gasteiger partial charge in [-0.1, -0.05) is 49.2 Å². The van der Waals surface area contributed by atoms with Crippen LogP contribution in [0.15, 0.2) is 36.4 Å². The standard InChI is InChI=1S/C20H21Cl2NO3/c1-4-12(2)14-5-7-16(8-6-14)23-19(25)11-26-20-17(13(3)24)9-15(21)10-18(20)22/h5-10,12H,4,11H2,1-3H3,(H,23,25)/t12-/m0/s1. The van der Waals surface area contributed by atoms with Crippen molar-refractivity contribution in [3.63, 3.8) is 0 Å². The monoisotopic (exact) mass is 393 g/mol. The first kappa shape index (κ1) is 20.3. The van der Waals surface area contributed by atoms with Crippen molar-refractivity contribution >= 4 is 40.6 Å². The highest BCUT2D eigenvalue weighted by atomic mass is 35.5. The molecular formula is C20H21Cl2NO3. The molecule has 1 atom stereocenters. The molecule has 0 saturated heterocycles. The number of amides is 1. The van der Waals surface area contributed by atoms with Crippen LogP contribution in [0, 0.1) is 0 Å². The van der Waals surface area contributed by atoms with Gasteiger partial charge >= 0.3 is 0 Å². The predicted molar refractivity (Wildman–Crippen MR) is 106 cm³/mol. The number of carbonyl (C=O) groups excluding carboxylic acids is 2. The maximum Gasteiger partial charge on any atom is 0.262 e. The third-order valence-electron chi connectivity index (χ3n) is 4.11. The van der Waals surface area contributed by atoms with Crippen LogP contribution in [0.1, 0.15) is 49.0 Å². The summed E-state index contributed by atoms with van der Waals surface area (Å²) in [7, 11) is 0. The summed E-state index contributed by atoms with van der Waals surface area (Å²) in [5.74, 6) is 0.0400. The highest BCUT2D eigenvalue weighted by Crippen LogP contribution is 2.32. The molecule has 0 bridgehead atoms. The van der Waals surface area contributed by atoms with E-state index < -0.39 is 0 Å². The Bertz CT molecular complexity index is 803.